The van der Waals surface area contributed by atoms with Crippen LogP contribution in [0.15, 0.2) is 0 Å². The Kier molecular flexibility index (Phi) is 6.92. The van der Waals surface area contributed by atoms with Crippen molar-refractivity contribution in [3.05, 3.63) is 0 Å². The maximum absolute atomic E-state index is 11.9. The normalized spacial score (nSPS) is 19.9. The van der Waals surface area contributed by atoms with E-state index in [1.54, 1.807) is 0 Å². The monoisotopic (exact) mass is 284 g/mol. The van der Waals surface area contributed by atoms with E-state index in [0.29, 0.717) is 0 Å². The lowest BCUT2D eigenvalue weighted by atomic mass is 9.87. The van der Waals surface area contributed by atoms with Gasteiger partial charge in [0.1, 0.15) is 0 Å². The Bertz CT molecular complexity index is 293. The molecule has 1 rings (SSSR count). The topological polar surface area (TPSA) is 61.6 Å². The summed E-state index contributed by atoms with van der Waals surface area (Å²) < 4.78 is 0. The minimum atomic E-state index is -0.435. The highest BCUT2D eigenvalue weighted by Gasteiger charge is 2.27. The van der Waals surface area contributed by atoms with Crippen LogP contribution in [0.5, 0.6) is 0 Å². The third kappa shape index (κ3) is 5.77. The number of amides is 1. The average molecular weight is 284 g/mol. The lowest BCUT2D eigenvalue weighted by Gasteiger charge is -2.34. The fourth-order valence-electron chi connectivity index (χ4n) is 2.35. The van der Waals surface area contributed by atoms with Crippen LogP contribution in [0.4, 0.5) is 0 Å². The number of hydrogen-bond donors (Lipinski definition) is 2. The minimum absolute atomic E-state index is 0.0340. The summed E-state index contributed by atoms with van der Waals surface area (Å²) in [6.45, 7) is 15.7. The maximum atomic E-state index is 11.9. The molecule has 1 atom stereocenters. The summed E-state index contributed by atoms with van der Waals surface area (Å²) in [5.74, 6) is -0.0340. The van der Waals surface area contributed by atoms with Crippen LogP contribution >= 0.6 is 0 Å². The molecular weight excluding hydrogens is 252 g/mol. The van der Waals surface area contributed by atoms with Gasteiger partial charge in [-0.3, -0.25) is 4.79 Å². The zero-order valence-corrected chi connectivity index (χ0v) is 13.6. The lowest BCUT2D eigenvalue weighted by Crippen LogP contribution is -2.49. The second-order valence-corrected chi connectivity index (χ2v) is 6.76. The number of carbonyl (C=O) groups excluding carboxylic acids is 1. The van der Waals surface area contributed by atoms with E-state index in [9.17, 15) is 4.79 Å². The standard InChI is InChI=1S/C15H32N4O/c1-5-18-9-11-19(12-10-18)8-6-7-17-14(20)13(16)15(2,3)4/h13H,5-12,16H2,1-4H3,(H,17,20)/t13-/m1/s1. The molecule has 20 heavy (non-hydrogen) atoms. The van der Waals surface area contributed by atoms with Crippen LogP contribution in [0.25, 0.3) is 0 Å². The number of likely N-dealkylation sites (N-methyl/N-ethyl adjacent to an activating group) is 1. The van der Waals surface area contributed by atoms with Crippen LogP contribution in [0, 0.1) is 5.41 Å². The molecule has 1 heterocycles. The SMILES string of the molecule is CCN1CCN(CCCNC(=O)[C@@H](N)C(C)(C)C)CC1. The van der Waals surface area contributed by atoms with Gasteiger partial charge in [-0.15, -0.1) is 0 Å². The third-order valence-electron chi connectivity index (χ3n) is 4.08. The Morgan fingerprint density at radius 1 is 1.20 bits per heavy atom. The first-order valence-electron chi connectivity index (χ1n) is 7.82. The summed E-state index contributed by atoms with van der Waals surface area (Å²) >= 11 is 0. The van der Waals surface area contributed by atoms with Crippen molar-refractivity contribution in [3.63, 3.8) is 0 Å². The number of piperazine rings is 1. The first-order chi connectivity index (χ1) is 9.34. The number of nitrogens with two attached hydrogens (primary N) is 1. The Hall–Kier alpha value is -0.650. The zero-order chi connectivity index (χ0) is 15.2. The number of nitrogens with one attached hydrogen (secondary N) is 1. The smallest absolute Gasteiger partial charge is 0.237 e. The molecule has 0 unspecified atom stereocenters. The Balaban J connectivity index is 2.12. The van der Waals surface area contributed by atoms with Gasteiger partial charge < -0.3 is 20.9 Å². The quantitative estimate of drug-likeness (QED) is 0.698. The van der Waals surface area contributed by atoms with E-state index in [-0.39, 0.29) is 11.3 Å². The van der Waals surface area contributed by atoms with Crippen molar-refractivity contribution in [3.8, 4) is 0 Å². The predicted molar refractivity (Wildman–Crippen MR) is 83.6 cm³/mol. The molecular formula is C15H32N4O. The largest absolute Gasteiger partial charge is 0.355 e. The molecule has 3 N–H and O–H groups in total. The second-order valence-electron chi connectivity index (χ2n) is 6.76. The first kappa shape index (κ1) is 17.4. The summed E-state index contributed by atoms with van der Waals surface area (Å²) in [5.41, 5.74) is 5.74. The Labute approximate surface area is 123 Å². The Morgan fingerprint density at radius 2 is 1.75 bits per heavy atom. The fraction of sp³-hybridized carbons (Fsp3) is 0.933. The predicted octanol–water partition coefficient (Wildman–Crippen LogP) is 0.504. The van der Waals surface area contributed by atoms with E-state index in [1.807, 2.05) is 20.8 Å². The van der Waals surface area contributed by atoms with Gasteiger partial charge in [0.2, 0.25) is 5.91 Å². The van der Waals surface area contributed by atoms with E-state index in [0.717, 1.165) is 52.2 Å². The molecule has 0 aliphatic carbocycles. The van der Waals surface area contributed by atoms with Gasteiger partial charge in [0.05, 0.1) is 6.04 Å². The molecule has 0 bridgehead atoms. The van der Waals surface area contributed by atoms with Crippen molar-refractivity contribution in [1.29, 1.82) is 0 Å². The molecule has 0 spiro atoms. The van der Waals surface area contributed by atoms with Crippen molar-refractivity contribution in [2.75, 3.05) is 45.8 Å². The molecule has 0 radical (unpaired) electrons. The van der Waals surface area contributed by atoms with Crippen LogP contribution in [0.3, 0.4) is 0 Å². The molecule has 1 amide bonds. The second kappa shape index (κ2) is 7.96. The van der Waals surface area contributed by atoms with Gasteiger partial charge in [-0.1, -0.05) is 27.7 Å². The maximum Gasteiger partial charge on any atom is 0.237 e. The van der Waals surface area contributed by atoms with Crippen LogP contribution in [-0.2, 0) is 4.79 Å². The highest BCUT2D eigenvalue weighted by atomic mass is 16.2. The van der Waals surface area contributed by atoms with Gasteiger partial charge in [-0.25, -0.2) is 0 Å². The van der Waals surface area contributed by atoms with Crippen molar-refractivity contribution >= 4 is 5.91 Å². The van der Waals surface area contributed by atoms with E-state index in [2.05, 4.69) is 22.0 Å². The van der Waals surface area contributed by atoms with Gasteiger partial charge in [0.25, 0.3) is 0 Å². The summed E-state index contributed by atoms with van der Waals surface area (Å²) in [6, 6.07) is -0.435. The van der Waals surface area contributed by atoms with Gasteiger partial charge >= 0.3 is 0 Å². The number of carbonyl (C=O) groups is 1. The highest BCUT2D eigenvalue weighted by molar-refractivity contribution is 5.82. The van der Waals surface area contributed by atoms with E-state index in [1.165, 1.54) is 0 Å². The fourth-order valence-corrected chi connectivity index (χ4v) is 2.35. The minimum Gasteiger partial charge on any atom is -0.355 e. The van der Waals surface area contributed by atoms with Crippen molar-refractivity contribution in [2.24, 2.45) is 11.1 Å². The van der Waals surface area contributed by atoms with Gasteiger partial charge in [0, 0.05) is 32.7 Å². The third-order valence-corrected chi connectivity index (χ3v) is 4.08. The summed E-state index contributed by atoms with van der Waals surface area (Å²) in [5, 5.41) is 2.95. The zero-order valence-electron chi connectivity index (χ0n) is 13.6. The molecule has 1 saturated heterocycles. The van der Waals surface area contributed by atoms with E-state index in [4.69, 9.17) is 5.73 Å². The number of nitrogens with zero attached hydrogens (tertiary/aromatic N) is 2. The van der Waals surface area contributed by atoms with Gasteiger partial charge in [-0.05, 0) is 24.9 Å². The van der Waals surface area contributed by atoms with E-state index >= 15 is 0 Å². The van der Waals surface area contributed by atoms with Gasteiger partial charge in [-0.2, -0.15) is 0 Å². The van der Waals surface area contributed by atoms with Crippen LogP contribution in [0.1, 0.15) is 34.1 Å². The van der Waals surface area contributed by atoms with Crippen molar-refractivity contribution in [1.82, 2.24) is 15.1 Å². The highest BCUT2D eigenvalue weighted by Crippen LogP contribution is 2.17. The molecule has 1 aliphatic rings. The molecule has 0 aromatic rings. The summed E-state index contributed by atoms with van der Waals surface area (Å²) in [6.07, 6.45) is 0.995. The summed E-state index contributed by atoms with van der Waals surface area (Å²) in [7, 11) is 0. The summed E-state index contributed by atoms with van der Waals surface area (Å²) in [4.78, 5) is 16.8. The van der Waals surface area contributed by atoms with Gasteiger partial charge in [0.15, 0.2) is 0 Å². The molecule has 5 nitrogen and oxygen atoms in total. The number of hydrogen-bond acceptors (Lipinski definition) is 4. The van der Waals surface area contributed by atoms with Crippen LogP contribution in [0.2, 0.25) is 0 Å². The van der Waals surface area contributed by atoms with Crippen LogP contribution in [-0.4, -0.2) is 67.6 Å². The number of rotatable bonds is 6. The van der Waals surface area contributed by atoms with Crippen molar-refractivity contribution in [2.45, 2.75) is 40.2 Å². The molecule has 0 saturated carbocycles. The first-order valence-corrected chi connectivity index (χ1v) is 7.82. The molecule has 1 fully saturated rings. The molecule has 1 aliphatic heterocycles. The van der Waals surface area contributed by atoms with E-state index < -0.39 is 6.04 Å². The molecule has 0 aromatic carbocycles. The average Bonchev–Trinajstić information content (AvgIpc) is 2.42. The lowest BCUT2D eigenvalue weighted by molar-refractivity contribution is -0.124. The molecule has 5 heteroatoms. The Morgan fingerprint density at radius 3 is 2.25 bits per heavy atom. The molecule has 118 valence electrons. The van der Waals surface area contributed by atoms with Crippen LogP contribution < -0.4 is 11.1 Å². The molecule has 0 aromatic heterocycles. The van der Waals surface area contributed by atoms with Crippen molar-refractivity contribution < 1.29 is 4.79 Å².